The fourth-order valence-corrected chi connectivity index (χ4v) is 4.01. The van der Waals surface area contributed by atoms with Gasteiger partial charge in [-0.3, -0.25) is 10.1 Å². The van der Waals surface area contributed by atoms with Crippen LogP contribution >= 0.6 is 0 Å². The molecule has 0 aliphatic heterocycles. The van der Waals surface area contributed by atoms with Crippen molar-refractivity contribution in [3.05, 3.63) is 93.3 Å². The van der Waals surface area contributed by atoms with Crippen molar-refractivity contribution in [2.45, 2.75) is 39.5 Å². The van der Waals surface area contributed by atoms with Crippen molar-refractivity contribution < 1.29 is 19.2 Å². The quantitative estimate of drug-likeness (QED) is 0.160. The topological polar surface area (TPSA) is 83.7 Å². The summed E-state index contributed by atoms with van der Waals surface area (Å²) in [7, 11) is 0. The first-order chi connectivity index (χ1) is 17.3. The molecule has 0 saturated carbocycles. The summed E-state index contributed by atoms with van der Waals surface area (Å²) in [5.74, 6) is -1.43. The third-order valence-electron chi connectivity index (χ3n) is 6.01. The molecular formula is C29H31FN2O4. The van der Waals surface area contributed by atoms with Crippen molar-refractivity contribution in [1.82, 2.24) is 0 Å². The van der Waals surface area contributed by atoms with Gasteiger partial charge in [0.15, 0.2) is 0 Å². The Labute approximate surface area is 210 Å². The molecule has 36 heavy (non-hydrogen) atoms. The molecule has 1 N–H and O–H groups in total. The van der Waals surface area contributed by atoms with Crippen molar-refractivity contribution in [2.75, 3.05) is 18.0 Å². The summed E-state index contributed by atoms with van der Waals surface area (Å²) in [6, 6.07) is 16.0. The highest BCUT2D eigenvalue weighted by atomic mass is 19.1. The van der Waals surface area contributed by atoms with E-state index >= 15 is 0 Å². The summed E-state index contributed by atoms with van der Waals surface area (Å²) in [4.78, 5) is 25.4. The van der Waals surface area contributed by atoms with Crippen LogP contribution in [0.3, 0.4) is 0 Å². The van der Waals surface area contributed by atoms with Gasteiger partial charge in [-0.25, -0.2) is 9.18 Å². The Morgan fingerprint density at radius 1 is 0.944 bits per heavy atom. The maximum absolute atomic E-state index is 13.3. The standard InChI is InChI=1S/C29H31FN2O4/c1-3-5-17-31(18-6-4-2)27-16-8-21(19-28(27)32(35)36)7-9-24-20-23(12-15-26(24)29(33)34)22-10-13-25(30)14-11-22/h7-16,19-20H,3-6,17-18H2,1-2H3,(H,33,34). The monoisotopic (exact) mass is 490 g/mol. The second-order valence-electron chi connectivity index (χ2n) is 8.65. The van der Waals surface area contributed by atoms with E-state index < -0.39 is 5.97 Å². The molecule has 0 radical (unpaired) electrons. The fraction of sp³-hybridized carbons (Fsp3) is 0.276. The minimum absolute atomic E-state index is 0.0304. The molecule has 0 atom stereocenters. The van der Waals surface area contributed by atoms with E-state index in [4.69, 9.17) is 0 Å². The van der Waals surface area contributed by atoms with E-state index in [1.807, 2.05) is 6.07 Å². The summed E-state index contributed by atoms with van der Waals surface area (Å²) in [5.41, 5.74) is 3.27. The molecular weight excluding hydrogens is 459 g/mol. The molecule has 3 aromatic rings. The van der Waals surface area contributed by atoms with Gasteiger partial charge in [0.25, 0.3) is 5.69 Å². The van der Waals surface area contributed by atoms with Crippen molar-refractivity contribution in [2.24, 2.45) is 0 Å². The van der Waals surface area contributed by atoms with Crippen LogP contribution in [0, 0.1) is 15.9 Å². The van der Waals surface area contributed by atoms with E-state index in [9.17, 15) is 24.4 Å². The first-order valence-corrected chi connectivity index (χ1v) is 12.2. The molecule has 0 aliphatic carbocycles. The number of hydrogen-bond donors (Lipinski definition) is 1. The lowest BCUT2D eigenvalue weighted by Crippen LogP contribution is -2.26. The molecule has 7 heteroatoms. The third kappa shape index (κ3) is 6.78. The van der Waals surface area contributed by atoms with Gasteiger partial charge in [-0.05, 0) is 65.4 Å². The summed E-state index contributed by atoms with van der Waals surface area (Å²) >= 11 is 0. The van der Waals surface area contributed by atoms with Crippen molar-refractivity contribution >= 4 is 29.5 Å². The average Bonchev–Trinajstić information content (AvgIpc) is 2.87. The maximum atomic E-state index is 13.3. The fourth-order valence-electron chi connectivity index (χ4n) is 4.01. The molecule has 3 rings (SSSR count). The smallest absolute Gasteiger partial charge is 0.336 e. The number of nitrogens with zero attached hydrogens (tertiary/aromatic N) is 2. The molecule has 0 heterocycles. The van der Waals surface area contributed by atoms with E-state index in [2.05, 4.69) is 18.7 Å². The molecule has 3 aromatic carbocycles. The lowest BCUT2D eigenvalue weighted by Gasteiger charge is -2.24. The van der Waals surface area contributed by atoms with Crippen LogP contribution in [0.25, 0.3) is 23.3 Å². The third-order valence-corrected chi connectivity index (χ3v) is 6.01. The molecule has 0 aromatic heterocycles. The average molecular weight is 491 g/mol. The molecule has 0 fully saturated rings. The minimum atomic E-state index is -1.08. The predicted molar refractivity (Wildman–Crippen MR) is 143 cm³/mol. The Hall–Kier alpha value is -4.00. The van der Waals surface area contributed by atoms with E-state index in [1.54, 1.807) is 42.5 Å². The zero-order valence-electron chi connectivity index (χ0n) is 20.6. The highest BCUT2D eigenvalue weighted by Gasteiger charge is 2.19. The number of unbranched alkanes of at least 4 members (excludes halogenated alkanes) is 2. The Morgan fingerprint density at radius 2 is 1.58 bits per heavy atom. The van der Waals surface area contributed by atoms with E-state index in [0.29, 0.717) is 16.8 Å². The number of aromatic carboxylic acids is 1. The van der Waals surface area contributed by atoms with Gasteiger partial charge in [0.05, 0.1) is 10.5 Å². The van der Waals surface area contributed by atoms with Crippen molar-refractivity contribution in [3.8, 4) is 11.1 Å². The first kappa shape index (κ1) is 26.6. The van der Waals surface area contributed by atoms with Crippen LogP contribution in [0.5, 0.6) is 0 Å². The largest absolute Gasteiger partial charge is 0.478 e. The summed E-state index contributed by atoms with van der Waals surface area (Å²) in [6.07, 6.45) is 7.21. The zero-order chi connectivity index (χ0) is 26.1. The van der Waals surface area contributed by atoms with Crippen molar-refractivity contribution in [3.63, 3.8) is 0 Å². The number of carboxylic acids is 1. The second-order valence-corrected chi connectivity index (χ2v) is 8.65. The Bertz CT molecular complexity index is 1230. The summed E-state index contributed by atoms with van der Waals surface area (Å²) < 4.78 is 13.3. The number of rotatable bonds is 12. The van der Waals surface area contributed by atoms with Gasteiger partial charge in [0, 0.05) is 19.2 Å². The molecule has 0 aliphatic rings. The van der Waals surface area contributed by atoms with Crippen LogP contribution in [0.4, 0.5) is 15.8 Å². The van der Waals surface area contributed by atoms with Gasteiger partial charge < -0.3 is 10.0 Å². The lowest BCUT2D eigenvalue weighted by molar-refractivity contribution is -0.384. The Morgan fingerprint density at radius 3 is 2.17 bits per heavy atom. The van der Waals surface area contributed by atoms with Gasteiger partial charge in [-0.2, -0.15) is 0 Å². The number of nitro groups is 1. The van der Waals surface area contributed by atoms with E-state index in [-0.39, 0.29) is 22.0 Å². The van der Waals surface area contributed by atoms with Crippen LogP contribution in [-0.2, 0) is 0 Å². The zero-order valence-corrected chi connectivity index (χ0v) is 20.6. The summed E-state index contributed by atoms with van der Waals surface area (Å²) in [5, 5.41) is 21.6. The molecule has 0 bridgehead atoms. The second kappa shape index (κ2) is 12.6. The highest BCUT2D eigenvalue weighted by molar-refractivity contribution is 5.94. The van der Waals surface area contributed by atoms with Crippen LogP contribution in [0.15, 0.2) is 60.7 Å². The first-order valence-electron chi connectivity index (χ1n) is 12.2. The SMILES string of the molecule is CCCCN(CCCC)c1ccc(C=Cc2cc(-c3ccc(F)cc3)ccc2C(=O)O)cc1[N+](=O)[O-]. The molecule has 188 valence electrons. The maximum Gasteiger partial charge on any atom is 0.336 e. The van der Waals surface area contributed by atoms with Crippen LogP contribution in [-0.4, -0.2) is 29.1 Å². The van der Waals surface area contributed by atoms with Gasteiger partial charge in [-0.15, -0.1) is 0 Å². The normalized spacial score (nSPS) is 11.1. The predicted octanol–water partition coefficient (Wildman–Crippen LogP) is 7.68. The van der Waals surface area contributed by atoms with Gasteiger partial charge in [-0.1, -0.05) is 63.1 Å². The van der Waals surface area contributed by atoms with E-state index in [1.165, 1.54) is 24.3 Å². The number of benzene rings is 3. The Kier molecular flexibility index (Phi) is 9.33. The lowest BCUT2D eigenvalue weighted by atomic mass is 9.98. The van der Waals surface area contributed by atoms with Crippen LogP contribution in [0.1, 0.15) is 61.0 Å². The molecule has 6 nitrogen and oxygen atoms in total. The summed E-state index contributed by atoms with van der Waals surface area (Å²) in [6.45, 7) is 5.70. The van der Waals surface area contributed by atoms with Crippen LogP contribution in [0.2, 0.25) is 0 Å². The number of carboxylic acid groups (broad SMARTS) is 1. The Balaban J connectivity index is 1.97. The van der Waals surface area contributed by atoms with Gasteiger partial charge in [0.1, 0.15) is 11.5 Å². The van der Waals surface area contributed by atoms with Gasteiger partial charge >= 0.3 is 5.97 Å². The number of halogens is 1. The molecule has 0 unspecified atom stereocenters. The molecule has 0 spiro atoms. The van der Waals surface area contributed by atoms with Crippen LogP contribution < -0.4 is 4.90 Å². The van der Waals surface area contributed by atoms with E-state index in [0.717, 1.165) is 49.9 Å². The minimum Gasteiger partial charge on any atom is -0.478 e. The van der Waals surface area contributed by atoms with Gasteiger partial charge in [0.2, 0.25) is 0 Å². The highest BCUT2D eigenvalue weighted by Crippen LogP contribution is 2.31. The number of carbonyl (C=O) groups is 1. The van der Waals surface area contributed by atoms with Crippen molar-refractivity contribution in [1.29, 1.82) is 0 Å². The molecule has 0 saturated heterocycles. The number of nitro benzene ring substituents is 1. The molecule has 0 amide bonds. The number of anilines is 1. The number of hydrogen-bond acceptors (Lipinski definition) is 4.